The van der Waals surface area contributed by atoms with Crippen molar-refractivity contribution < 1.29 is 42.3 Å². The summed E-state index contributed by atoms with van der Waals surface area (Å²) in [7, 11) is -4.61. The Labute approximate surface area is 95.6 Å². The molecule has 7 heavy (non-hydrogen) atoms. The first-order valence-electron chi connectivity index (χ1n) is 0.894. The van der Waals surface area contributed by atoms with Crippen molar-refractivity contribution in [3.63, 3.8) is 0 Å². The van der Waals surface area contributed by atoms with Gasteiger partial charge >= 0.3 is 73.4 Å². The monoisotopic (exact) mass is 194 g/mol. The van der Waals surface area contributed by atoms with Crippen molar-refractivity contribution in [1.82, 2.24) is 0 Å². The minimum absolute atomic E-state index is 0. The molecular weight excluding hydrogens is 187 g/mol. The predicted molar refractivity (Wildman–Crippen MR) is 23.7 cm³/mol. The second kappa shape index (κ2) is 6.26. The fourth-order valence-electron chi connectivity index (χ4n) is 0. The molecule has 0 aliphatic heterocycles. The van der Waals surface area contributed by atoms with Crippen LogP contribution in [-0.2, 0) is 0 Å². The van der Waals surface area contributed by atoms with Crippen molar-refractivity contribution in [2.75, 3.05) is 0 Å². The van der Waals surface area contributed by atoms with E-state index in [1.54, 1.807) is 0 Å². The van der Waals surface area contributed by atoms with Crippen LogP contribution in [0.3, 0.4) is 0 Å². The molecule has 4 nitrogen and oxygen atoms in total. The maximum Gasteiger partial charge on any atom is 2.00 e. The zero-order chi connectivity index (χ0) is 4.50. The third-order valence-electron chi connectivity index (χ3n) is 0. The van der Waals surface area contributed by atoms with Crippen LogP contribution in [0.5, 0.6) is 0 Å². The maximum absolute atomic E-state index is 7.33. The Kier molecular flexibility index (Phi) is 14.4. The first-order chi connectivity index (χ1) is 2.00. The summed E-state index contributed by atoms with van der Waals surface area (Å²) in [6.45, 7) is 0. The van der Waals surface area contributed by atoms with Crippen molar-refractivity contribution in [3.8, 4) is 0 Å². The summed E-state index contributed by atoms with van der Waals surface area (Å²) in [5, 5.41) is 0. The molecule has 0 rings (SSSR count). The Hall–Kier alpha value is 2.13. The molecule has 0 unspecified atom stereocenters. The van der Waals surface area contributed by atoms with Crippen LogP contribution in [0, 0.1) is 0 Å². The van der Waals surface area contributed by atoms with Crippen LogP contribution in [-0.4, -0.2) is 73.7 Å². The van der Waals surface area contributed by atoms with Crippen molar-refractivity contribution in [3.05, 3.63) is 0 Å². The van der Waals surface area contributed by atoms with Crippen LogP contribution in [0.1, 0.15) is 4.28 Å². The number of rotatable bonds is 0. The average Bonchev–Trinajstić information content (AvgIpc) is 0.722. The van der Waals surface area contributed by atoms with Crippen LogP contribution in [0.2, 0.25) is 0 Å². The third-order valence-corrected chi connectivity index (χ3v) is 0. The second-order valence-corrected chi connectivity index (χ2v) is 1.80. The summed E-state index contributed by atoms with van der Waals surface area (Å²) in [4.78, 5) is 29.3. The van der Waals surface area contributed by atoms with E-state index < -0.39 is 9.05 Å². The zero-order valence-electron chi connectivity index (χ0n) is 7.00. The molecule has 0 atom stereocenters. The molecule has 38 valence electrons. The van der Waals surface area contributed by atoms with E-state index in [-0.39, 0.29) is 68.6 Å². The minimum Gasteiger partial charge on any atom is -1.00 e. The summed E-state index contributed by atoms with van der Waals surface area (Å²) in [6.07, 6.45) is 0. The van der Waals surface area contributed by atoms with E-state index in [4.69, 9.17) is 19.2 Å². The second-order valence-electron chi connectivity index (χ2n) is 0.600. The Morgan fingerprint density at radius 2 is 1.00 bits per heavy atom. The molecule has 4 N–H and O–H groups in total. The van der Waals surface area contributed by atoms with Gasteiger partial charge in [-0.15, -0.1) is 0 Å². The first kappa shape index (κ1) is 16.1. The SMILES string of the molecule is O[Si](O)(O)O.[H-].[H-].[H-].[Li+].[Sr+2]. The summed E-state index contributed by atoms with van der Waals surface area (Å²) >= 11 is 0. The fourth-order valence-corrected chi connectivity index (χ4v) is 0. The normalized spacial score (nSPS) is 8.57. The predicted octanol–water partition coefficient (Wildman–Crippen LogP) is -5.65. The molecule has 0 aromatic carbocycles. The topological polar surface area (TPSA) is 80.9 Å². The molecule has 0 aliphatic rings. The number of hydrogen-bond acceptors (Lipinski definition) is 4. The zero-order valence-corrected chi connectivity index (χ0v) is 8.47. The molecular formula is H7LiO4SiSr. The van der Waals surface area contributed by atoms with Crippen molar-refractivity contribution in [2.45, 2.75) is 0 Å². The molecule has 0 saturated heterocycles. The van der Waals surface area contributed by atoms with Gasteiger partial charge in [0.25, 0.3) is 0 Å². The standard InChI is InChI=1S/Li.H4O4Si.Sr.3H/c;1-5(2,3)4;;;;/h;1-4H;;;;/q+1;;+2;3*-1. The van der Waals surface area contributed by atoms with Crippen LogP contribution in [0.15, 0.2) is 0 Å². The van der Waals surface area contributed by atoms with E-state index in [0.29, 0.717) is 0 Å². The van der Waals surface area contributed by atoms with Crippen LogP contribution in [0.25, 0.3) is 0 Å². The summed E-state index contributed by atoms with van der Waals surface area (Å²) < 4.78 is 0. The molecule has 0 aliphatic carbocycles. The first-order valence-corrected chi connectivity index (χ1v) is 2.68. The van der Waals surface area contributed by atoms with Gasteiger partial charge in [0.1, 0.15) is 0 Å². The third kappa shape index (κ3) is 67.2. The molecule has 7 heteroatoms. The van der Waals surface area contributed by atoms with Gasteiger partial charge in [-0.25, -0.2) is 0 Å². The van der Waals surface area contributed by atoms with Gasteiger partial charge in [-0.1, -0.05) is 0 Å². The molecule has 0 aromatic rings. The largest absolute Gasteiger partial charge is 2.00 e. The Morgan fingerprint density at radius 3 is 1.00 bits per heavy atom. The molecule has 0 amide bonds. The molecule has 0 heterocycles. The van der Waals surface area contributed by atoms with Crippen molar-refractivity contribution in [1.29, 1.82) is 0 Å². The van der Waals surface area contributed by atoms with Gasteiger partial charge in [-0.05, 0) is 0 Å². The quantitative estimate of drug-likeness (QED) is 0.289. The summed E-state index contributed by atoms with van der Waals surface area (Å²) in [5.74, 6) is 0. The minimum atomic E-state index is -4.61. The van der Waals surface area contributed by atoms with Gasteiger partial charge in [-0.2, -0.15) is 0 Å². The van der Waals surface area contributed by atoms with E-state index in [1.807, 2.05) is 0 Å². The molecule has 0 spiro atoms. The van der Waals surface area contributed by atoms with E-state index in [2.05, 4.69) is 0 Å². The molecule has 0 fully saturated rings. The van der Waals surface area contributed by atoms with Gasteiger partial charge in [0.15, 0.2) is 0 Å². The maximum atomic E-state index is 7.33. The van der Waals surface area contributed by atoms with E-state index >= 15 is 0 Å². The van der Waals surface area contributed by atoms with Gasteiger partial charge in [0.2, 0.25) is 0 Å². The van der Waals surface area contributed by atoms with Crippen molar-refractivity contribution in [2.24, 2.45) is 0 Å². The summed E-state index contributed by atoms with van der Waals surface area (Å²) in [6, 6.07) is 0. The van der Waals surface area contributed by atoms with E-state index in [1.165, 1.54) is 0 Å². The van der Waals surface area contributed by atoms with E-state index in [0.717, 1.165) is 0 Å². The molecule has 0 saturated carbocycles. The average molecular weight is 194 g/mol. The van der Waals surface area contributed by atoms with Gasteiger partial charge in [0.05, 0.1) is 0 Å². The van der Waals surface area contributed by atoms with Gasteiger partial charge in [-0.3, -0.25) is 0 Å². The molecule has 0 bridgehead atoms. The van der Waals surface area contributed by atoms with Crippen LogP contribution in [0.4, 0.5) is 0 Å². The van der Waals surface area contributed by atoms with Crippen molar-refractivity contribution >= 4 is 54.5 Å². The van der Waals surface area contributed by atoms with Crippen LogP contribution >= 0.6 is 0 Å². The Balaban J connectivity index is -0.00000000800. The van der Waals surface area contributed by atoms with Crippen LogP contribution < -0.4 is 18.9 Å². The smallest absolute Gasteiger partial charge is 1.00 e. The fraction of sp³-hybridized carbons (Fsp3) is 0. The Morgan fingerprint density at radius 1 is 1.00 bits per heavy atom. The Bertz CT molecular complexity index is 36.0. The van der Waals surface area contributed by atoms with Gasteiger partial charge in [0, 0.05) is 0 Å². The molecule has 0 radical (unpaired) electrons. The van der Waals surface area contributed by atoms with E-state index in [9.17, 15) is 0 Å². The van der Waals surface area contributed by atoms with Gasteiger partial charge < -0.3 is 23.5 Å². The molecule has 0 aromatic heterocycles. The summed E-state index contributed by atoms with van der Waals surface area (Å²) in [5.41, 5.74) is 0. The number of hydrogen-bond donors (Lipinski definition) is 4.